The number of carboxylic acids is 1. The van der Waals surface area contributed by atoms with E-state index >= 15 is 0 Å². The van der Waals surface area contributed by atoms with Gasteiger partial charge < -0.3 is 20.4 Å². The molecule has 0 saturated carbocycles. The first-order valence-corrected chi connectivity index (χ1v) is 5.62. The van der Waals surface area contributed by atoms with Gasteiger partial charge in [0, 0.05) is 13.0 Å². The van der Waals surface area contributed by atoms with Crippen LogP contribution in [0.15, 0.2) is 0 Å². The molecule has 0 aromatic heterocycles. The number of piperazine rings is 1. The number of nitrogens with zero attached hydrogens (tertiary/aromatic N) is 1. The van der Waals surface area contributed by atoms with Crippen LogP contribution < -0.4 is 10.6 Å². The molecule has 1 rings (SSSR count). The summed E-state index contributed by atoms with van der Waals surface area (Å²) in [4.78, 5) is 45.5. The molecule has 1 unspecified atom stereocenters. The Hall–Kier alpha value is -2.16. The summed E-state index contributed by atoms with van der Waals surface area (Å²) in [5.41, 5.74) is 0. The number of aliphatic hydroxyl groups is 1. The Morgan fingerprint density at radius 1 is 1.53 bits per heavy atom. The van der Waals surface area contributed by atoms with Crippen molar-refractivity contribution < 1.29 is 29.4 Å². The van der Waals surface area contributed by atoms with E-state index in [4.69, 9.17) is 10.2 Å². The highest BCUT2D eigenvalue weighted by molar-refractivity contribution is 6.03. The fourth-order valence-electron chi connectivity index (χ4n) is 1.50. The Morgan fingerprint density at radius 3 is 2.74 bits per heavy atom. The van der Waals surface area contributed by atoms with Crippen molar-refractivity contribution in [1.82, 2.24) is 15.5 Å². The number of amides is 4. The van der Waals surface area contributed by atoms with Crippen molar-refractivity contribution in [2.24, 2.45) is 0 Å². The van der Waals surface area contributed by atoms with Crippen LogP contribution in [0.5, 0.6) is 0 Å². The second-order valence-corrected chi connectivity index (χ2v) is 4.09. The van der Waals surface area contributed by atoms with Gasteiger partial charge in [-0.2, -0.15) is 0 Å². The number of carbonyl (C=O) groups excluding carboxylic acids is 3. The maximum atomic E-state index is 11.7. The van der Waals surface area contributed by atoms with Crippen molar-refractivity contribution in [1.29, 1.82) is 0 Å². The number of aliphatic carboxylic acids is 1. The molecule has 1 fully saturated rings. The molecular formula is C10H15N3O6. The number of urea groups is 1. The molecule has 4 N–H and O–H groups in total. The Bertz CT molecular complexity index is 410. The fourth-order valence-corrected chi connectivity index (χ4v) is 1.50. The van der Waals surface area contributed by atoms with E-state index in [0.29, 0.717) is 0 Å². The monoisotopic (exact) mass is 273 g/mol. The standard InChI is InChI=1S/C10H15N3O6/c1-5-8(16)12-7(15)4-13(5)10(19)11-3-2-6(14)9(17)18/h5-6,14H,2-4H2,1H3,(H,11,19)(H,17,18)(H,12,15,16)/t5?,6-/m0/s1. The quantitative estimate of drug-likeness (QED) is 0.432. The molecule has 0 spiro atoms. The summed E-state index contributed by atoms with van der Waals surface area (Å²) in [6.45, 7) is 1.14. The third kappa shape index (κ3) is 3.91. The molecule has 1 saturated heterocycles. The van der Waals surface area contributed by atoms with Gasteiger partial charge in [-0.1, -0.05) is 0 Å². The first kappa shape index (κ1) is 14.9. The van der Waals surface area contributed by atoms with E-state index < -0.39 is 36.0 Å². The number of nitrogens with one attached hydrogen (secondary N) is 2. The van der Waals surface area contributed by atoms with Crippen LogP contribution in [0.2, 0.25) is 0 Å². The molecule has 0 aromatic rings. The number of aliphatic hydroxyl groups excluding tert-OH is 1. The number of hydrogen-bond acceptors (Lipinski definition) is 5. The molecule has 1 aliphatic heterocycles. The topological polar surface area (TPSA) is 136 Å². The molecule has 4 amide bonds. The lowest BCUT2D eigenvalue weighted by molar-refractivity contribution is -0.146. The van der Waals surface area contributed by atoms with Crippen LogP contribution in [-0.4, -0.2) is 64.2 Å². The van der Waals surface area contributed by atoms with E-state index in [2.05, 4.69) is 10.6 Å². The molecule has 9 heteroatoms. The molecule has 1 aliphatic rings. The molecule has 19 heavy (non-hydrogen) atoms. The number of carbonyl (C=O) groups is 4. The highest BCUT2D eigenvalue weighted by atomic mass is 16.4. The normalized spacial score (nSPS) is 20.7. The molecule has 0 aliphatic carbocycles. The summed E-state index contributed by atoms with van der Waals surface area (Å²) in [5, 5.41) is 21.9. The molecule has 106 valence electrons. The lowest BCUT2D eigenvalue weighted by Crippen LogP contribution is -2.60. The molecular weight excluding hydrogens is 258 g/mol. The molecule has 2 atom stereocenters. The third-order valence-electron chi connectivity index (χ3n) is 2.66. The summed E-state index contributed by atoms with van der Waals surface area (Å²) in [6.07, 6.45) is -1.73. The number of rotatable bonds is 4. The lowest BCUT2D eigenvalue weighted by atomic mass is 10.2. The van der Waals surface area contributed by atoms with Gasteiger partial charge in [-0.15, -0.1) is 0 Å². The molecule has 9 nitrogen and oxygen atoms in total. The SMILES string of the molecule is CC1C(=O)NC(=O)CN1C(=O)NCC[C@H](O)C(=O)O. The van der Waals surface area contributed by atoms with Crippen molar-refractivity contribution in [2.45, 2.75) is 25.5 Å². The largest absolute Gasteiger partial charge is 0.479 e. The lowest BCUT2D eigenvalue weighted by Gasteiger charge is -2.31. The first-order valence-electron chi connectivity index (χ1n) is 5.62. The molecule has 0 aromatic carbocycles. The Labute approximate surface area is 108 Å². The van der Waals surface area contributed by atoms with Crippen LogP contribution in [-0.2, 0) is 14.4 Å². The van der Waals surface area contributed by atoms with E-state index in [9.17, 15) is 19.2 Å². The van der Waals surface area contributed by atoms with Crippen LogP contribution in [0.1, 0.15) is 13.3 Å². The molecule has 0 bridgehead atoms. The van der Waals surface area contributed by atoms with Crippen molar-refractivity contribution in [3.8, 4) is 0 Å². The van der Waals surface area contributed by atoms with Crippen molar-refractivity contribution in [3.63, 3.8) is 0 Å². The third-order valence-corrected chi connectivity index (χ3v) is 2.66. The zero-order chi connectivity index (χ0) is 14.6. The van der Waals surface area contributed by atoms with Crippen molar-refractivity contribution in [3.05, 3.63) is 0 Å². The maximum Gasteiger partial charge on any atom is 0.332 e. The first-order chi connectivity index (χ1) is 8.82. The van der Waals surface area contributed by atoms with Gasteiger partial charge in [-0.3, -0.25) is 14.9 Å². The summed E-state index contributed by atoms with van der Waals surface area (Å²) < 4.78 is 0. The highest BCUT2D eigenvalue weighted by Gasteiger charge is 2.33. The number of hydrogen-bond donors (Lipinski definition) is 4. The minimum atomic E-state index is -1.57. The Balaban J connectivity index is 2.46. The predicted molar refractivity (Wildman–Crippen MR) is 61.0 cm³/mol. The van der Waals surface area contributed by atoms with E-state index in [1.807, 2.05) is 0 Å². The van der Waals surface area contributed by atoms with Crippen molar-refractivity contribution in [2.75, 3.05) is 13.1 Å². The summed E-state index contributed by atoms with van der Waals surface area (Å²) in [7, 11) is 0. The van der Waals surface area contributed by atoms with Gasteiger partial charge in [0.25, 0.3) is 0 Å². The van der Waals surface area contributed by atoms with Gasteiger partial charge in [-0.25, -0.2) is 9.59 Å². The number of imide groups is 1. The highest BCUT2D eigenvalue weighted by Crippen LogP contribution is 2.04. The molecule has 0 radical (unpaired) electrons. The Morgan fingerprint density at radius 2 is 2.16 bits per heavy atom. The summed E-state index contributed by atoms with van der Waals surface area (Å²) in [5.74, 6) is -2.53. The van der Waals surface area contributed by atoms with Crippen LogP contribution in [0, 0.1) is 0 Å². The van der Waals surface area contributed by atoms with E-state index in [1.165, 1.54) is 6.92 Å². The zero-order valence-corrected chi connectivity index (χ0v) is 10.3. The van der Waals surface area contributed by atoms with Crippen LogP contribution >= 0.6 is 0 Å². The van der Waals surface area contributed by atoms with Gasteiger partial charge in [0.15, 0.2) is 6.10 Å². The van der Waals surface area contributed by atoms with Gasteiger partial charge in [0.2, 0.25) is 11.8 Å². The van der Waals surface area contributed by atoms with Crippen LogP contribution in [0.25, 0.3) is 0 Å². The minimum absolute atomic E-state index is 0.0780. The summed E-state index contributed by atoms with van der Waals surface area (Å²) >= 11 is 0. The Kier molecular flexibility index (Phi) is 4.81. The predicted octanol–water partition coefficient (Wildman–Crippen LogP) is -2.12. The smallest absolute Gasteiger partial charge is 0.332 e. The van der Waals surface area contributed by atoms with Gasteiger partial charge in [-0.05, 0) is 6.92 Å². The minimum Gasteiger partial charge on any atom is -0.479 e. The maximum absolute atomic E-state index is 11.7. The average molecular weight is 273 g/mol. The fraction of sp³-hybridized carbons (Fsp3) is 0.600. The average Bonchev–Trinajstić information content (AvgIpc) is 2.33. The van der Waals surface area contributed by atoms with E-state index in [0.717, 1.165) is 4.90 Å². The van der Waals surface area contributed by atoms with Gasteiger partial charge in [0.1, 0.15) is 12.6 Å². The van der Waals surface area contributed by atoms with Crippen LogP contribution in [0.3, 0.4) is 0 Å². The van der Waals surface area contributed by atoms with E-state index in [-0.39, 0.29) is 19.5 Å². The second kappa shape index (κ2) is 6.14. The zero-order valence-electron chi connectivity index (χ0n) is 10.3. The van der Waals surface area contributed by atoms with Crippen LogP contribution in [0.4, 0.5) is 4.79 Å². The van der Waals surface area contributed by atoms with Gasteiger partial charge in [0.05, 0.1) is 0 Å². The van der Waals surface area contributed by atoms with E-state index in [1.54, 1.807) is 0 Å². The van der Waals surface area contributed by atoms with Crippen molar-refractivity contribution >= 4 is 23.8 Å². The van der Waals surface area contributed by atoms with Gasteiger partial charge >= 0.3 is 12.0 Å². The molecule has 1 heterocycles. The number of carboxylic acid groups (broad SMARTS) is 1. The summed E-state index contributed by atoms with van der Waals surface area (Å²) in [6, 6.07) is -1.45. The second-order valence-electron chi connectivity index (χ2n) is 4.09.